The van der Waals surface area contributed by atoms with Crippen molar-refractivity contribution in [2.45, 2.75) is 127 Å². The fraction of sp³-hybridized carbons (Fsp3) is 0.649. The van der Waals surface area contributed by atoms with E-state index in [2.05, 4.69) is 34.2 Å². The first-order valence-corrected chi connectivity index (χ1v) is 19.8. The number of likely N-dealkylation sites (tertiary alicyclic amines) is 1. The van der Waals surface area contributed by atoms with E-state index in [-0.39, 0.29) is 37.6 Å². The van der Waals surface area contributed by atoms with Gasteiger partial charge in [-0.25, -0.2) is 22.6 Å². The Labute approximate surface area is 310 Å². The Morgan fingerprint density at radius 1 is 1.08 bits per heavy atom. The Morgan fingerprint density at radius 3 is 2.38 bits per heavy atom. The van der Waals surface area contributed by atoms with Crippen molar-refractivity contribution >= 4 is 44.6 Å². The van der Waals surface area contributed by atoms with Gasteiger partial charge in [-0.05, 0) is 82.9 Å². The van der Waals surface area contributed by atoms with Crippen LogP contribution in [0.5, 0.6) is 11.6 Å². The normalized spacial score (nSPS) is 20.7. The van der Waals surface area contributed by atoms with Crippen LogP contribution in [0.1, 0.15) is 92.9 Å². The Morgan fingerprint density at radius 2 is 1.77 bits per heavy atom. The highest BCUT2D eigenvalue weighted by Crippen LogP contribution is 2.38. The van der Waals surface area contributed by atoms with E-state index >= 15 is 0 Å². The summed E-state index contributed by atoms with van der Waals surface area (Å²) in [5, 5.41) is 5.72. The van der Waals surface area contributed by atoms with E-state index in [1.165, 1.54) is 36.4 Å². The molecule has 2 aliphatic carbocycles. The predicted molar refractivity (Wildman–Crippen MR) is 194 cm³/mol. The first-order chi connectivity index (χ1) is 24.8. The van der Waals surface area contributed by atoms with Gasteiger partial charge in [0.2, 0.25) is 27.7 Å². The first kappa shape index (κ1) is 40.0. The van der Waals surface area contributed by atoms with Crippen molar-refractivity contribution in [3.8, 4) is 11.6 Å². The zero-order chi connectivity index (χ0) is 38.9. The number of methoxy groups -OCH3 is 1. The number of alkyl carbamates (subject to hydrolysis) is 1. The summed E-state index contributed by atoms with van der Waals surface area (Å²) in [4.78, 5) is 60.7. The van der Waals surface area contributed by atoms with Gasteiger partial charge in [0.05, 0.1) is 30.5 Å². The van der Waals surface area contributed by atoms with Crippen LogP contribution in [0, 0.1) is 17.7 Å². The minimum Gasteiger partial charge on any atom is -0.494 e. The lowest BCUT2D eigenvalue weighted by Crippen LogP contribution is -2.58. The molecule has 1 aromatic heterocycles. The lowest BCUT2D eigenvalue weighted by Gasteiger charge is -2.32. The molecule has 0 spiro atoms. The van der Waals surface area contributed by atoms with Gasteiger partial charge >= 0.3 is 6.09 Å². The molecule has 3 fully saturated rings. The summed E-state index contributed by atoms with van der Waals surface area (Å²) in [6.07, 6.45) is 3.44. The Hall–Kier alpha value is -4.21. The third-order valence-electron chi connectivity index (χ3n) is 9.82. The van der Waals surface area contributed by atoms with E-state index in [4.69, 9.17) is 14.2 Å². The molecule has 4 atom stereocenters. The van der Waals surface area contributed by atoms with Crippen LogP contribution in [0.3, 0.4) is 0 Å². The highest BCUT2D eigenvalue weighted by Gasteiger charge is 2.55. The van der Waals surface area contributed by atoms with Crippen LogP contribution < -0.4 is 24.8 Å². The molecule has 14 nitrogen and oxygen atoms in total. The molecule has 2 heterocycles. The second kappa shape index (κ2) is 15.6. The fourth-order valence-corrected chi connectivity index (χ4v) is 7.95. The van der Waals surface area contributed by atoms with Gasteiger partial charge in [0.15, 0.2) is 0 Å². The van der Waals surface area contributed by atoms with Crippen molar-refractivity contribution in [1.29, 1.82) is 0 Å². The molecule has 0 radical (unpaired) electrons. The summed E-state index contributed by atoms with van der Waals surface area (Å²) >= 11 is 0. The number of carbonyl (C=O) groups is 4. The topological polar surface area (TPSA) is 182 Å². The summed E-state index contributed by atoms with van der Waals surface area (Å²) in [6, 6.07) is 1.82. The molecule has 53 heavy (non-hydrogen) atoms. The summed E-state index contributed by atoms with van der Waals surface area (Å²) in [6.45, 7) is 11.1. The van der Waals surface area contributed by atoms with Crippen LogP contribution in [0.4, 0.5) is 9.18 Å². The van der Waals surface area contributed by atoms with Gasteiger partial charge in [-0.1, -0.05) is 33.6 Å². The molecule has 5 rings (SSSR count). The van der Waals surface area contributed by atoms with E-state index in [0.717, 1.165) is 12.8 Å². The van der Waals surface area contributed by atoms with E-state index < -0.39 is 74.2 Å². The number of hydrogen-bond acceptors (Lipinski definition) is 10. The summed E-state index contributed by atoms with van der Waals surface area (Å²) in [5.41, 5.74) is -2.29. The average molecular weight is 762 g/mol. The molecule has 4 amide bonds. The van der Waals surface area contributed by atoms with Crippen molar-refractivity contribution < 1.29 is 46.2 Å². The van der Waals surface area contributed by atoms with Gasteiger partial charge in [0.25, 0.3) is 5.91 Å². The summed E-state index contributed by atoms with van der Waals surface area (Å²) in [7, 11) is -2.40. The molecule has 292 valence electrons. The Bertz CT molecular complexity index is 1820. The molecular formula is C37H52FN5O9S. The van der Waals surface area contributed by atoms with Gasteiger partial charge in [-0.3, -0.25) is 19.1 Å². The molecular weight excluding hydrogens is 709 g/mol. The minimum absolute atomic E-state index is 0.0406. The second-order valence-electron chi connectivity index (χ2n) is 16.0. The van der Waals surface area contributed by atoms with Crippen molar-refractivity contribution in [1.82, 2.24) is 25.2 Å². The second-order valence-corrected chi connectivity index (χ2v) is 17.9. The number of fused-ring (bicyclic) bond motifs is 1. The van der Waals surface area contributed by atoms with Crippen molar-refractivity contribution in [3.05, 3.63) is 30.2 Å². The number of amides is 4. The third kappa shape index (κ3) is 9.86. The van der Waals surface area contributed by atoms with Crippen LogP contribution in [0.15, 0.2) is 24.4 Å². The van der Waals surface area contributed by atoms with Gasteiger partial charge in [0, 0.05) is 11.8 Å². The standard InChI is InChI=1S/C37H52FN5O9S/c1-21(2)9-8-10-22(3)30(40-35(47)52-36(4,5)6)33(45)43-20-24(51-32-27-17-23(38)11-14-26(27)29(50-7)19-39-32)18-28(43)31(44)41-37(15-16-37)34(46)42-53(48,49)25-12-13-25/h11,14,17,19,21-22,24-25,28,30H,8-10,12-13,15-16,18,20H2,1-7H3,(H,40,47)(H,41,44)(H,42,46). The smallest absolute Gasteiger partial charge is 0.408 e. The van der Waals surface area contributed by atoms with Gasteiger partial charge < -0.3 is 29.7 Å². The first-order valence-electron chi connectivity index (χ1n) is 18.3. The van der Waals surface area contributed by atoms with E-state index in [1.54, 1.807) is 20.8 Å². The van der Waals surface area contributed by atoms with Crippen molar-refractivity contribution in [2.75, 3.05) is 13.7 Å². The maximum Gasteiger partial charge on any atom is 0.408 e. The summed E-state index contributed by atoms with van der Waals surface area (Å²) < 4.78 is 58.9. The Kier molecular flexibility index (Phi) is 11.8. The molecule has 2 aromatic rings. The number of aromatic nitrogens is 1. The number of sulfonamides is 1. The van der Waals surface area contributed by atoms with Crippen LogP contribution >= 0.6 is 0 Å². The quantitative estimate of drug-likeness (QED) is 0.236. The number of nitrogens with one attached hydrogen (secondary N) is 3. The highest BCUT2D eigenvalue weighted by atomic mass is 32.2. The maximum absolute atomic E-state index is 14.6. The number of rotatable bonds is 15. The third-order valence-corrected chi connectivity index (χ3v) is 11.6. The van der Waals surface area contributed by atoms with Crippen LogP contribution in [-0.4, -0.2) is 90.3 Å². The minimum atomic E-state index is -3.87. The number of benzene rings is 1. The molecule has 2 saturated carbocycles. The molecule has 3 N–H and O–H groups in total. The molecule has 3 aliphatic rings. The van der Waals surface area contributed by atoms with Crippen LogP contribution in [0.2, 0.25) is 0 Å². The average Bonchev–Trinajstić information content (AvgIpc) is 4.00. The monoisotopic (exact) mass is 761 g/mol. The zero-order valence-electron chi connectivity index (χ0n) is 31.5. The van der Waals surface area contributed by atoms with E-state index in [0.29, 0.717) is 41.7 Å². The number of pyridine rings is 1. The number of hydrogen-bond donors (Lipinski definition) is 3. The molecule has 4 unspecified atom stereocenters. The number of nitrogens with zero attached hydrogens (tertiary/aromatic N) is 2. The van der Waals surface area contributed by atoms with Crippen molar-refractivity contribution in [2.24, 2.45) is 11.8 Å². The van der Waals surface area contributed by atoms with Crippen molar-refractivity contribution in [3.63, 3.8) is 0 Å². The predicted octanol–water partition coefficient (Wildman–Crippen LogP) is 4.34. The molecule has 1 saturated heterocycles. The fourth-order valence-electron chi connectivity index (χ4n) is 6.57. The number of ether oxygens (including phenoxy) is 3. The molecule has 16 heteroatoms. The molecule has 1 aliphatic heterocycles. The van der Waals surface area contributed by atoms with Crippen LogP contribution in [-0.2, 0) is 29.1 Å². The highest BCUT2D eigenvalue weighted by molar-refractivity contribution is 7.91. The lowest BCUT2D eigenvalue weighted by atomic mass is 9.92. The zero-order valence-corrected chi connectivity index (χ0v) is 32.3. The van der Waals surface area contributed by atoms with Gasteiger partial charge in [-0.2, -0.15) is 0 Å². The number of carbonyl (C=O) groups excluding carboxylic acids is 4. The van der Waals surface area contributed by atoms with Crippen LogP contribution in [0.25, 0.3) is 10.8 Å². The van der Waals surface area contributed by atoms with Gasteiger partial charge in [0.1, 0.15) is 40.9 Å². The largest absolute Gasteiger partial charge is 0.494 e. The Balaban J connectivity index is 1.44. The maximum atomic E-state index is 14.6. The number of halogens is 1. The molecule has 0 bridgehead atoms. The SMILES string of the molecule is COc1cnc(OC2CC(C(=O)NC3(C(=O)NS(=O)(=O)C4CC4)CC3)N(C(=O)C(NC(=O)OC(C)(C)C)C(C)CCCC(C)C)C2)c2cc(F)ccc12. The van der Waals surface area contributed by atoms with E-state index in [1.807, 2.05) is 6.92 Å². The van der Waals surface area contributed by atoms with E-state index in [9.17, 15) is 32.0 Å². The summed E-state index contributed by atoms with van der Waals surface area (Å²) in [5.74, 6) is -2.05. The van der Waals surface area contributed by atoms with Gasteiger partial charge in [-0.15, -0.1) is 0 Å². The lowest BCUT2D eigenvalue weighted by molar-refractivity contribution is -0.142. The molecule has 1 aromatic carbocycles.